The molecule has 1 aliphatic heterocycles. The van der Waals surface area contributed by atoms with Gasteiger partial charge in [0.25, 0.3) is 5.91 Å². The van der Waals surface area contributed by atoms with Crippen molar-refractivity contribution in [3.63, 3.8) is 0 Å². The van der Waals surface area contributed by atoms with E-state index in [2.05, 4.69) is 15.3 Å². The van der Waals surface area contributed by atoms with Crippen LogP contribution >= 0.6 is 11.3 Å². The number of benzene rings is 1. The first kappa shape index (κ1) is 21.5. The van der Waals surface area contributed by atoms with Crippen molar-refractivity contribution >= 4 is 33.4 Å². The lowest BCUT2D eigenvalue weighted by molar-refractivity contribution is -0.130. The van der Waals surface area contributed by atoms with Crippen LogP contribution in [0.5, 0.6) is 0 Å². The Hall–Kier alpha value is -2.78. The molecule has 3 heterocycles. The number of nitrogens with one attached hydrogen (secondary N) is 1. The van der Waals surface area contributed by atoms with Gasteiger partial charge in [-0.1, -0.05) is 12.1 Å². The monoisotopic (exact) mass is 443 g/mol. The number of hydrogen-bond acceptors (Lipinski definition) is 5. The highest BCUT2D eigenvalue weighted by atomic mass is 32.1. The van der Waals surface area contributed by atoms with Crippen molar-refractivity contribution in [2.24, 2.45) is 7.05 Å². The Morgan fingerprint density at radius 1 is 1.23 bits per heavy atom. The van der Waals surface area contributed by atoms with Gasteiger partial charge in [0, 0.05) is 63.7 Å². The zero-order valence-corrected chi connectivity index (χ0v) is 18.7. The molecule has 2 amide bonds. The number of carbonyl (C=O) groups excluding carboxylic acids is 2. The van der Waals surface area contributed by atoms with Crippen LogP contribution in [0.4, 0.5) is 4.39 Å². The molecule has 1 N–H and O–H groups in total. The van der Waals surface area contributed by atoms with Crippen molar-refractivity contribution < 1.29 is 14.0 Å². The average molecular weight is 444 g/mol. The Labute approximate surface area is 184 Å². The first-order valence-corrected chi connectivity index (χ1v) is 11.2. The minimum absolute atomic E-state index is 0.0363. The summed E-state index contributed by atoms with van der Waals surface area (Å²) in [5, 5.41) is 8.30. The highest BCUT2D eigenvalue weighted by Gasteiger charge is 2.23. The summed E-state index contributed by atoms with van der Waals surface area (Å²) in [6.07, 6.45) is 0. The minimum Gasteiger partial charge on any atom is -0.348 e. The molecule has 0 aliphatic carbocycles. The van der Waals surface area contributed by atoms with Crippen LogP contribution in [0.25, 0.3) is 21.5 Å². The van der Waals surface area contributed by atoms with Crippen LogP contribution in [0.15, 0.2) is 30.3 Å². The summed E-state index contributed by atoms with van der Waals surface area (Å²) >= 11 is 1.35. The van der Waals surface area contributed by atoms with Crippen molar-refractivity contribution in [2.75, 3.05) is 32.7 Å². The molecular formula is C22H26FN5O2S. The van der Waals surface area contributed by atoms with Gasteiger partial charge in [0.1, 0.15) is 16.3 Å². The SMILES string of the molecule is CC(=O)N1CCN(C[C@@H](C)NC(=O)c2cc3c(-c4ccccc4F)nn(C)c3s2)CC1. The fraction of sp³-hybridized carbons (Fsp3) is 0.409. The molecule has 0 radical (unpaired) electrons. The van der Waals surface area contributed by atoms with Crippen LogP contribution < -0.4 is 5.32 Å². The fourth-order valence-corrected chi connectivity index (χ4v) is 4.95. The second-order valence-corrected chi connectivity index (χ2v) is 8.99. The van der Waals surface area contributed by atoms with Crippen molar-refractivity contribution in [3.8, 4) is 11.3 Å². The third-order valence-electron chi connectivity index (χ3n) is 5.59. The lowest BCUT2D eigenvalue weighted by atomic mass is 10.1. The van der Waals surface area contributed by atoms with E-state index in [1.165, 1.54) is 17.4 Å². The molecule has 7 nitrogen and oxygen atoms in total. The predicted octanol–water partition coefficient (Wildman–Crippen LogP) is 2.72. The van der Waals surface area contributed by atoms with Crippen molar-refractivity contribution in [1.29, 1.82) is 0 Å². The molecule has 1 fully saturated rings. The number of piperazine rings is 1. The van der Waals surface area contributed by atoms with Crippen molar-refractivity contribution in [1.82, 2.24) is 24.9 Å². The smallest absolute Gasteiger partial charge is 0.261 e. The maximum Gasteiger partial charge on any atom is 0.261 e. The molecule has 4 rings (SSSR count). The highest BCUT2D eigenvalue weighted by Crippen LogP contribution is 2.34. The van der Waals surface area contributed by atoms with E-state index in [9.17, 15) is 14.0 Å². The summed E-state index contributed by atoms with van der Waals surface area (Å²) in [7, 11) is 1.80. The van der Waals surface area contributed by atoms with Gasteiger partial charge in [-0.15, -0.1) is 11.3 Å². The maximum absolute atomic E-state index is 14.3. The fourth-order valence-electron chi connectivity index (χ4n) is 3.98. The maximum atomic E-state index is 14.3. The van der Waals surface area contributed by atoms with E-state index in [-0.39, 0.29) is 23.7 Å². The van der Waals surface area contributed by atoms with Gasteiger partial charge in [0.2, 0.25) is 5.91 Å². The molecule has 2 aromatic heterocycles. The number of aryl methyl sites for hydroxylation is 1. The summed E-state index contributed by atoms with van der Waals surface area (Å²) < 4.78 is 16.0. The molecular weight excluding hydrogens is 417 g/mol. The number of nitrogens with zero attached hydrogens (tertiary/aromatic N) is 4. The summed E-state index contributed by atoms with van der Waals surface area (Å²) in [5.41, 5.74) is 0.971. The van der Waals surface area contributed by atoms with Crippen LogP contribution in [0.2, 0.25) is 0 Å². The van der Waals surface area contributed by atoms with Crippen LogP contribution in [0.1, 0.15) is 23.5 Å². The Morgan fingerprint density at radius 3 is 2.61 bits per heavy atom. The predicted molar refractivity (Wildman–Crippen MR) is 120 cm³/mol. The van der Waals surface area contributed by atoms with Gasteiger partial charge in [0.05, 0.1) is 4.88 Å². The molecule has 1 atom stereocenters. The summed E-state index contributed by atoms with van der Waals surface area (Å²) in [5.74, 6) is -0.372. The molecule has 1 aromatic carbocycles. The van der Waals surface area contributed by atoms with Crippen LogP contribution in [0, 0.1) is 5.82 Å². The molecule has 0 saturated carbocycles. The third-order valence-corrected chi connectivity index (χ3v) is 6.79. The van der Waals surface area contributed by atoms with Gasteiger partial charge in [0.15, 0.2) is 0 Å². The molecule has 1 aliphatic rings. The van der Waals surface area contributed by atoms with Gasteiger partial charge in [-0.3, -0.25) is 19.2 Å². The van der Waals surface area contributed by atoms with Gasteiger partial charge in [-0.25, -0.2) is 4.39 Å². The second kappa shape index (κ2) is 8.76. The lowest BCUT2D eigenvalue weighted by Gasteiger charge is -2.35. The van der Waals surface area contributed by atoms with Crippen molar-refractivity contribution in [2.45, 2.75) is 19.9 Å². The van der Waals surface area contributed by atoms with Gasteiger partial charge < -0.3 is 10.2 Å². The highest BCUT2D eigenvalue weighted by molar-refractivity contribution is 7.20. The summed E-state index contributed by atoms with van der Waals surface area (Å²) in [6.45, 7) is 7.35. The molecule has 0 spiro atoms. The van der Waals surface area contributed by atoms with E-state index in [1.54, 1.807) is 42.9 Å². The standard InChI is InChI=1S/C22H26FN5O2S/c1-14(13-27-8-10-28(11-9-27)15(2)29)24-21(30)19-12-17-20(25-26(3)22(17)31-19)16-6-4-5-7-18(16)23/h4-7,12,14H,8-11,13H2,1-3H3,(H,24,30)/t14-/m1/s1. The van der Waals surface area contributed by atoms with E-state index in [4.69, 9.17) is 0 Å². The first-order chi connectivity index (χ1) is 14.8. The Morgan fingerprint density at radius 2 is 1.94 bits per heavy atom. The molecule has 1 saturated heterocycles. The van der Waals surface area contributed by atoms with Gasteiger partial charge >= 0.3 is 0 Å². The zero-order valence-electron chi connectivity index (χ0n) is 17.9. The zero-order chi connectivity index (χ0) is 22.1. The Bertz CT molecular complexity index is 1120. The normalized spacial score (nSPS) is 15.9. The molecule has 0 unspecified atom stereocenters. The van der Waals surface area contributed by atoms with Crippen molar-refractivity contribution in [3.05, 3.63) is 41.0 Å². The molecule has 3 aromatic rings. The number of fused-ring (bicyclic) bond motifs is 1. The van der Waals surface area contributed by atoms with E-state index >= 15 is 0 Å². The lowest BCUT2D eigenvalue weighted by Crippen LogP contribution is -2.51. The van der Waals surface area contributed by atoms with E-state index < -0.39 is 0 Å². The van der Waals surface area contributed by atoms with Crippen LogP contribution in [-0.2, 0) is 11.8 Å². The first-order valence-electron chi connectivity index (χ1n) is 10.3. The number of rotatable bonds is 5. The van der Waals surface area contributed by atoms with Crippen LogP contribution in [-0.4, -0.2) is 70.2 Å². The van der Waals surface area contributed by atoms with E-state index in [1.807, 2.05) is 11.8 Å². The Balaban J connectivity index is 1.44. The summed E-state index contributed by atoms with van der Waals surface area (Å²) in [4.78, 5) is 29.8. The quantitative estimate of drug-likeness (QED) is 0.658. The van der Waals surface area contributed by atoms with E-state index in [0.29, 0.717) is 16.1 Å². The number of amides is 2. The minimum atomic E-state index is -0.335. The Kier molecular flexibility index (Phi) is 6.06. The number of halogens is 1. The molecule has 0 bridgehead atoms. The molecule has 164 valence electrons. The number of aromatic nitrogens is 2. The topological polar surface area (TPSA) is 70.5 Å². The third kappa shape index (κ3) is 4.47. The number of carbonyl (C=O) groups is 2. The van der Waals surface area contributed by atoms with Gasteiger partial charge in [-0.05, 0) is 25.1 Å². The average Bonchev–Trinajstić information content (AvgIpc) is 3.30. The second-order valence-electron chi connectivity index (χ2n) is 7.96. The van der Waals surface area contributed by atoms with Crippen LogP contribution in [0.3, 0.4) is 0 Å². The number of thiophene rings is 1. The number of hydrogen-bond donors (Lipinski definition) is 1. The molecule has 31 heavy (non-hydrogen) atoms. The van der Waals surface area contributed by atoms with Gasteiger partial charge in [-0.2, -0.15) is 5.10 Å². The summed E-state index contributed by atoms with van der Waals surface area (Å²) in [6, 6.07) is 8.29. The molecule has 9 heteroatoms. The van der Waals surface area contributed by atoms with E-state index in [0.717, 1.165) is 42.9 Å². The largest absolute Gasteiger partial charge is 0.348 e.